The Morgan fingerprint density at radius 2 is 2.19 bits per heavy atom. The van der Waals surface area contributed by atoms with E-state index in [0.29, 0.717) is 12.1 Å². The second-order valence-corrected chi connectivity index (χ2v) is 4.51. The van der Waals surface area contributed by atoms with Crippen molar-refractivity contribution < 1.29 is 24.3 Å². The van der Waals surface area contributed by atoms with E-state index in [9.17, 15) is 9.59 Å². The van der Waals surface area contributed by atoms with Crippen LogP contribution < -0.4 is 5.32 Å². The monoisotopic (exact) mass is 292 g/mol. The number of carboxylic acid groups (broad SMARTS) is 1. The van der Waals surface area contributed by atoms with Crippen molar-refractivity contribution in [3.63, 3.8) is 0 Å². The van der Waals surface area contributed by atoms with E-state index in [1.165, 1.54) is 7.11 Å². The molecular weight excluding hydrogens is 276 g/mol. The summed E-state index contributed by atoms with van der Waals surface area (Å²) in [5.41, 5.74) is 1.59. The average Bonchev–Trinajstić information content (AvgIpc) is 2.98. The van der Waals surface area contributed by atoms with Crippen LogP contribution >= 0.6 is 0 Å². The number of ether oxygens (including phenoxy) is 1. The molecule has 0 aliphatic carbocycles. The Morgan fingerprint density at radius 3 is 2.81 bits per heavy atom. The first-order chi connectivity index (χ1) is 10.1. The van der Waals surface area contributed by atoms with E-state index in [4.69, 9.17) is 14.7 Å². The van der Waals surface area contributed by atoms with E-state index < -0.39 is 24.1 Å². The first kappa shape index (κ1) is 15.0. The molecule has 0 saturated heterocycles. The smallest absolute Gasteiger partial charge is 0.334 e. The second kappa shape index (κ2) is 6.85. The molecule has 0 saturated carbocycles. The van der Waals surface area contributed by atoms with Gasteiger partial charge in [0.05, 0.1) is 12.3 Å². The SMILES string of the molecule is COC(CNC(=O)C1CC(c2ccccc2)=NO1)C(=O)O. The Balaban J connectivity index is 1.85. The van der Waals surface area contributed by atoms with E-state index in [1.54, 1.807) is 0 Å². The lowest BCUT2D eigenvalue weighted by atomic mass is 10.0. The van der Waals surface area contributed by atoms with Gasteiger partial charge in [0.1, 0.15) is 0 Å². The Morgan fingerprint density at radius 1 is 1.48 bits per heavy atom. The number of rotatable bonds is 6. The highest BCUT2D eigenvalue weighted by atomic mass is 16.6. The zero-order valence-electron chi connectivity index (χ0n) is 11.5. The highest BCUT2D eigenvalue weighted by Crippen LogP contribution is 2.16. The lowest BCUT2D eigenvalue weighted by Gasteiger charge is -2.13. The molecule has 112 valence electrons. The number of nitrogens with zero attached hydrogens (tertiary/aromatic N) is 1. The average molecular weight is 292 g/mol. The molecule has 21 heavy (non-hydrogen) atoms. The number of oxime groups is 1. The summed E-state index contributed by atoms with van der Waals surface area (Å²) < 4.78 is 4.73. The summed E-state index contributed by atoms with van der Waals surface area (Å²) in [4.78, 5) is 27.8. The predicted octanol–water partition coefficient (Wildman–Crippen LogP) is 0.395. The van der Waals surface area contributed by atoms with Crippen LogP contribution in [0.2, 0.25) is 0 Å². The summed E-state index contributed by atoms with van der Waals surface area (Å²) in [5, 5.41) is 15.2. The van der Waals surface area contributed by atoms with Crippen LogP contribution in [-0.2, 0) is 19.2 Å². The molecule has 1 aliphatic rings. The lowest BCUT2D eigenvalue weighted by Crippen LogP contribution is -2.42. The largest absolute Gasteiger partial charge is 0.479 e. The summed E-state index contributed by atoms with van der Waals surface area (Å²) in [5.74, 6) is -1.54. The predicted molar refractivity (Wildman–Crippen MR) is 73.9 cm³/mol. The van der Waals surface area contributed by atoms with Crippen molar-refractivity contribution >= 4 is 17.6 Å². The van der Waals surface area contributed by atoms with Crippen LogP contribution in [0.5, 0.6) is 0 Å². The summed E-state index contributed by atoms with van der Waals surface area (Å²) in [6, 6.07) is 9.41. The van der Waals surface area contributed by atoms with Gasteiger partial charge in [-0.2, -0.15) is 0 Å². The molecule has 0 spiro atoms. The maximum absolute atomic E-state index is 11.9. The van der Waals surface area contributed by atoms with Gasteiger partial charge in [0, 0.05) is 13.5 Å². The van der Waals surface area contributed by atoms with Crippen LogP contribution in [0.25, 0.3) is 0 Å². The minimum Gasteiger partial charge on any atom is -0.479 e. The zero-order valence-corrected chi connectivity index (χ0v) is 11.5. The van der Waals surface area contributed by atoms with Gasteiger partial charge in [0.25, 0.3) is 5.91 Å². The van der Waals surface area contributed by atoms with E-state index in [1.807, 2.05) is 30.3 Å². The number of carboxylic acids is 1. The number of hydrogen-bond donors (Lipinski definition) is 2. The Labute approximate surface area is 121 Å². The van der Waals surface area contributed by atoms with Gasteiger partial charge in [0.2, 0.25) is 6.10 Å². The van der Waals surface area contributed by atoms with Gasteiger partial charge in [-0.1, -0.05) is 35.5 Å². The minimum atomic E-state index is -1.13. The molecule has 0 fully saturated rings. The summed E-state index contributed by atoms with van der Waals surface area (Å²) in [7, 11) is 1.27. The number of carbonyl (C=O) groups is 2. The lowest BCUT2D eigenvalue weighted by molar-refractivity contribution is -0.148. The van der Waals surface area contributed by atoms with Gasteiger partial charge in [-0.25, -0.2) is 4.79 Å². The van der Waals surface area contributed by atoms with Crippen LogP contribution in [0.3, 0.4) is 0 Å². The molecule has 2 unspecified atom stereocenters. The first-order valence-electron chi connectivity index (χ1n) is 6.43. The van der Waals surface area contributed by atoms with Gasteiger partial charge >= 0.3 is 5.97 Å². The fourth-order valence-electron chi connectivity index (χ4n) is 1.90. The van der Waals surface area contributed by atoms with E-state index in [0.717, 1.165) is 5.56 Å². The third-order valence-corrected chi connectivity index (χ3v) is 3.09. The molecular formula is C14H16N2O5. The highest BCUT2D eigenvalue weighted by molar-refractivity contribution is 6.04. The van der Waals surface area contributed by atoms with Gasteiger partial charge in [-0.3, -0.25) is 4.79 Å². The summed E-state index contributed by atoms with van der Waals surface area (Å²) in [6.45, 7) is -0.120. The van der Waals surface area contributed by atoms with Gasteiger partial charge in [0.15, 0.2) is 6.10 Å². The van der Waals surface area contributed by atoms with Crippen LogP contribution in [-0.4, -0.2) is 48.6 Å². The van der Waals surface area contributed by atoms with E-state index in [-0.39, 0.29) is 6.54 Å². The van der Waals surface area contributed by atoms with Crippen LogP contribution in [0.4, 0.5) is 0 Å². The van der Waals surface area contributed by atoms with Crippen LogP contribution in [0.15, 0.2) is 35.5 Å². The third-order valence-electron chi connectivity index (χ3n) is 3.09. The Kier molecular flexibility index (Phi) is 4.89. The molecule has 2 N–H and O–H groups in total. The van der Waals surface area contributed by atoms with Crippen molar-refractivity contribution in [1.82, 2.24) is 5.32 Å². The molecule has 7 heteroatoms. The number of nitrogens with one attached hydrogen (secondary N) is 1. The van der Waals surface area contributed by atoms with Gasteiger partial charge in [-0.05, 0) is 5.56 Å². The maximum Gasteiger partial charge on any atom is 0.334 e. The molecule has 7 nitrogen and oxygen atoms in total. The number of aliphatic carboxylic acids is 1. The Bertz CT molecular complexity index is 544. The van der Waals surface area contributed by atoms with Gasteiger partial charge < -0.3 is 20.0 Å². The maximum atomic E-state index is 11.9. The van der Waals surface area contributed by atoms with Crippen molar-refractivity contribution in [3.05, 3.63) is 35.9 Å². The number of amides is 1. The van der Waals surface area contributed by atoms with Crippen molar-refractivity contribution in [1.29, 1.82) is 0 Å². The number of methoxy groups -OCH3 is 1. The standard InChI is InChI=1S/C14H16N2O5/c1-20-12(14(18)19)8-15-13(17)11-7-10(16-21-11)9-5-3-2-4-6-9/h2-6,11-12H,7-8H2,1H3,(H,15,17)(H,18,19). The molecule has 1 aromatic rings. The topological polar surface area (TPSA) is 97.2 Å². The van der Waals surface area contributed by atoms with E-state index in [2.05, 4.69) is 10.5 Å². The third kappa shape index (κ3) is 3.79. The normalized spacial score (nSPS) is 18.5. The molecule has 1 aliphatic heterocycles. The second-order valence-electron chi connectivity index (χ2n) is 4.51. The van der Waals surface area contributed by atoms with Crippen LogP contribution in [0.1, 0.15) is 12.0 Å². The number of hydrogen-bond acceptors (Lipinski definition) is 5. The summed E-state index contributed by atoms with van der Waals surface area (Å²) in [6.07, 6.45) is -1.48. The molecule has 0 bridgehead atoms. The molecule has 2 atom stereocenters. The van der Waals surface area contributed by atoms with Crippen molar-refractivity contribution in [2.45, 2.75) is 18.6 Å². The fraction of sp³-hybridized carbons (Fsp3) is 0.357. The van der Waals surface area contributed by atoms with Crippen LogP contribution in [0, 0.1) is 0 Å². The molecule has 1 aromatic carbocycles. The van der Waals surface area contributed by atoms with Crippen molar-refractivity contribution in [2.24, 2.45) is 5.16 Å². The summed E-state index contributed by atoms with van der Waals surface area (Å²) >= 11 is 0. The number of benzene rings is 1. The van der Waals surface area contributed by atoms with Crippen molar-refractivity contribution in [3.8, 4) is 0 Å². The first-order valence-corrected chi connectivity index (χ1v) is 6.43. The fourth-order valence-corrected chi connectivity index (χ4v) is 1.90. The molecule has 1 heterocycles. The Hall–Kier alpha value is -2.41. The van der Waals surface area contributed by atoms with E-state index >= 15 is 0 Å². The molecule has 1 amide bonds. The highest BCUT2D eigenvalue weighted by Gasteiger charge is 2.29. The molecule has 0 aromatic heterocycles. The zero-order chi connectivity index (χ0) is 15.2. The van der Waals surface area contributed by atoms with Gasteiger partial charge in [-0.15, -0.1) is 0 Å². The molecule has 2 rings (SSSR count). The number of carbonyl (C=O) groups excluding carboxylic acids is 1. The molecule has 0 radical (unpaired) electrons. The quantitative estimate of drug-likeness (QED) is 0.790. The van der Waals surface area contributed by atoms with Crippen molar-refractivity contribution in [2.75, 3.05) is 13.7 Å². The minimum absolute atomic E-state index is 0.120.